The van der Waals surface area contributed by atoms with Crippen molar-refractivity contribution in [2.45, 2.75) is 25.4 Å². The maximum absolute atomic E-state index is 13.4. The minimum absolute atomic E-state index is 0.0196. The quantitative estimate of drug-likeness (QED) is 0.868. The number of anilines is 1. The van der Waals surface area contributed by atoms with E-state index in [4.69, 9.17) is 5.73 Å². The van der Waals surface area contributed by atoms with Crippen molar-refractivity contribution >= 4 is 5.69 Å². The first-order chi connectivity index (χ1) is 8.44. The van der Waals surface area contributed by atoms with Gasteiger partial charge in [0.25, 0.3) is 0 Å². The third-order valence-electron chi connectivity index (χ3n) is 3.78. The number of halogens is 1. The number of rotatable bonds is 2. The van der Waals surface area contributed by atoms with Gasteiger partial charge in [0, 0.05) is 36.9 Å². The Bertz CT molecular complexity index is 419. The largest absolute Gasteiger partial charge is 0.363 e. The van der Waals surface area contributed by atoms with Crippen molar-refractivity contribution in [1.29, 1.82) is 0 Å². The number of nitrogens with two attached hydrogens (primary N) is 1. The summed E-state index contributed by atoms with van der Waals surface area (Å²) in [5.41, 5.74) is 6.73. The Morgan fingerprint density at radius 1 is 1.44 bits per heavy atom. The van der Waals surface area contributed by atoms with Gasteiger partial charge in [-0.25, -0.2) is 4.39 Å². The molecule has 0 bridgehead atoms. The van der Waals surface area contributed by atoms with Crippen molar-refractivity contribution in [3.8, 4) is 0 Å². The fourth-order valence-electron chi connectivity index (χ4n) is 2.78. The van der Waals surface area contributed by atoms with E-state index in [1.165, 1.54) is 6.07 Å². The predicted molar refractivity (Wildman–Crippen MR) is 73.3 cm³/mol. The van der Waals surface area contributed by atoms with Gasteiger partial charge < -0.3 is 10.6 Å². The summed E-state index contributed by atoms with van der Waals surface area (Å²) in [6.07, 6.45) is 0. The molecule has 1 fully saturated rings. The van der Waals surface area contributed by atoms with E-state index < -0.39 is 0 Å². The van der Waals surface area contributed by atoms with Crippen molar-refractivity contribution in [2.75, 3.05) is 31.6 Å². The molecule has 0 aromatic heterocycles. The van der Waals surface area contributed by atoms with Gasteiger partial charge in [-0.15, -0.1) is 0 Å². The van der Waals surface area contributed by atoms with Crippen LogP contribution in [0.15, 0.2) is 24.3 Å². The summed E-state index contributed by atoms with van der Waals surface area (Å²) in [5.74, 6) is -0.188. The summed E-state index contributed by atoms with van der Waals surface area (Å²) in [5, 5.41) is 0. The van der Waals surface area contributed by atoms with E-state index in [1.807, 2.05) is 6.07 Å². The Morgan fingerprint density at radius 3 is 2.78 bits per heavy atom. The highest BCUT2D eigenvalue weighted by Gasteiger charge is 2.36. The molecule has 0 amide bonds. The van der Waals surface area contributed by atoms with Crippen LogP contribution >= 0.6 is 0 Å². The summed E-state index contributed by atoms with van der Waals surface area (Å²) >= 11 is 0. The molecule has 0 aliphatic carbocycles. The molecular weight excluding hydrogens is 229 g/mol. The number of hydrogen-bond acceptors (Lipinski definition) is 3. The van der Waals surface area contributed by atoms with Gasteiger partial charge in [0.15, 0.2) is 0 Å². The van der Waals surface area contributed by atoms with Crippen LogP contribution in [0.4, 0.5) is 10.1 Å². The van der Waals surface area contributed by atoms with E-state index in [-0.39, 0.29) is 11.4 Å². The summed E-state index contributed by atoms with van der Waals surface area (Å²) in [4.78, 5) is 4.55. The van der Waals surface area contributed by atoms with Crippen molar-refractivity contribution in [3.05, 3.63) is 30.1 Å². The molecule has 1 heterocycles. The zero-order chi connectivity index (χ0) is 13.3. The van der Waals surface area contributed by atoms with Crippen LogP contribution in [-0.4, -0.2) is 43.2 Å². The van der Waals surface area contributed by atoms with Crippen molar-refractivity contribution in [3.63, 3.8) is 0 Å². The molecule has 1 aliphatic heterocycles. The molecule has 2 N–H and O–H groups in total. The number of hydrogen-bond donors (Lipinski definition) is 1. The van der Waals surface area contributed by atoms with E-state index in [9.17, 15) is 4.39 Å². The van der Waals surface area contributed by atoms with Gasteiger partial charge in [-0.3, -0.25) is 4.90 Å². The van der Waals surface area contributed by atoms with Crippen LogP contribution in [0.5, 0.6) is 0 Å². The summed E-state index contributed by atoms with van der Waals surface area (Å²) in [7, 11) is 2.10. The second kappa shape index (κ2) is 4.86. The van der Waals surface area contributed by atoms with Crippen molar-refractivity contribution in [1.82, 2.24) is 4.90 Å². The molecule has 0 spiro atoms. The summed E-state index contributed by atoms with van der Waals surface area (Å²) < 4.78 is 13.4. The lowest BCUT2D eigenvalue weighted by atomic mass is 9.95. The molecule has 0 radical (unpaired) electrons. The molecule has 18 heavy (non-hydrogen) atoms. The molecule has 1 atom stereocenters. The van der Waals surface area contributed by atoms with Crippen molar-refractivity contribution in [2.24, 2.45) is 5.73 Å². The van der Waals surface area contributed by atoms with E-state index in [0.29, 0.717) is 12.6 Å². The maximum Gasteiger partial charge on any atom is 0.125 e. The minimum Gasteiger partial charge on any atom is -0.363 e. The summed E-state index contributed by atoms with van der Waals surface area (Å²) in [6, 6.07) is 7.12. The molecule has 1 unspecified atom stereocenters. The molecule has 1 aromatic carbocycles. The average Bonchev–Trinajstić information content (AvgIpc) is 2.28. The number of nitrogens with zero attached hydrogens (tertiary/aromatic N) is 2. The van der Waals surface area contributed by atoms with Gasteiger partial charge in [-0.2, -0.15) is 0 Å². The molecule has 3 nitrogen and oxygen atoms in total. The first kappa shape index (κ1) is 13.3. The molecule has 2 rings (SSSR count). The van der Waals surface area contributed by atoms with E-state index in [2.05, 4.69) is 30.7 Å². The zero-order valence-corrected chi connectivity index (χ0v) is 11.4. The SMILES string of the molecule is CN1CC(C)(C)N(c2cccc(F)c2)CC1CN. The van der Waals surface area contributed by atoms with E-state index in [0.717, 1.165) is 18.8 Å². The Labute approximate surface area is 108 Å². The molecule has 100 valence electrons. The standard InChI is InChI=1S/C14H22FN3/c1-14(2)10-17(3)13(8-16)9-18(14)12-6-4-5-11(15)7-12/h4-7,13H,8-10,16H2,1-3H3. The van der Waals surface area contributed by atoms with Crippen LogP contribution in [0, 0.1) is 5.82 Å². The Balaban J connectivity index is 2.30. The third-order valence-corrected chi connectivity index (χ3v) is 3.78. The Kier molecular flexibility index (Phi) is 3.59. The highest BCUT2D eigenvalue weighted by atomic mass is 19.1. The topological polar surface area (TPSA) is 32.5 Å². The second-order valence-corrected chi connectivity index (χ2v) is 5.71. The highest BCUT2D eigenvalue weighted by molar-refractivity contribution is 5.50. The first-order valence-corrected chi connectivity index (χ1v) is 6.37. The van der Waals surface area contributed by atoms with Crippen LogP contribution < -0.4 is 10.6 Å². The maximum atomic E-state index is 13.4. The van der Waals surface area contributed by atoms with Crippen LogP contribution in [0.2, 0.25) is 0 Å². The average molecular weight is 251 g/mol. The molecule has 0 saturated carbocycles. The van der Waals surface area contributed by atoms with Gasteiger partial charge in [0.05, 0.1) is 0 Å². The summed E-state index contributed by atoms with van der Waals surface area (Å²) in [6.45, 7) is 6.75. The van der Waals surface area contributed by atoms with Crippen LogP contribution in [0.3, 0.4) is 0 Å². The molecule has 4 heteroatoms. The van der Waals surface area contributed by atoms with E-state index in [1.54, 1.807) is 12.1 Å². The van der Waals surface area contributed by atoms with Gasteiger partial charge in [0.2, 0.25) is 0 Å². The van der Waals surface area contributed by atoms with Gasteiger partial charge in [-0.1, -0.05) is 6.07 Å². The predicted octanol–water partition coefficient (Wildman–Crippen LogP) is 1.68. The lowest BCUT2D eigenvalue weighted by molar-refractivity contribution is 0.155. The smallest absolute Gasteiger partial charge is 0.125 e. The fourth-order valence-corrected chi connectivity index (χ4v) is 2.78. The number of piperazine rings is 1. The third kappa shape index (κ3) is 2.49. The molecular formula is C14H22FN3. The lowest BCUT2D eigenvalue weighted by Gasteiger charge is -2.51. The fraction of sp³-hybridized carbons (Fsp3) is 0.571. The van der Waals surface area contributed by atoms with Crippen molar-refractivity contribution < 1.29 is 4.39 Å². The minimum atomic E-state index is -0.188. The zero-order valence-electron chi connectivity index (χ0n) is 11.4. The normalized spacial score (nSPS) is 24.3. The monoisotopic (exact) mass is 251 g/mol. The molecule has 1 aliphatic rings. The number of benzene rings is 1. The van der Waals surface area contributed by atoms with Crippen LogP contribution in [-0.2, 0) is 0 Å². The molecule has 1 saturated heterocycles. The first-order valence-electron chi connectivity index (χ1n) is 6.37. The second-order valence-electron chi connectivity index (χ2n) is 5.71. The van der Waals surface area contributed by atoms with Crippen LogP contribution in [0.1, 0.15) is 13.8 Å². The highest BCUT2D eigenvalue weighted by Crippen LogP contribution is 2.29. The Morgan fingerprint density at radius 2 is 2.17 bits per heavy atom. The van der Waals surface area contributed by atoms with Gasteiger partial charge in [-0.05, 0) is 39.1 Å². The number of likely N-dealkylation sites (N-methyl/N-ethyl adjacent to an activating group) is 1. The van der Waals surface area contributed by atoms with Gasteiger partial charge >= 0.3 is 0 Å². The van der Waals surface area contributed by atoms with Gasteiger partial charge in [0.1, 0.15) is 5.82 Å². The lowest BCUT2D eigenvalue weighted by Crippen LogP contribution is -2.64. The van der Waals surface area contributed by atoms with Crippen LogP contribution in [0.25, 0.3) is 0 Å². The molecule has 1 aromatic rings. The Hall–Kier alpha value is -1.13. The van der Waals surface area contributed by atoms with E-state index >= 15 is 0 Å².